The van der Waals surface area contributed by atoms with E-state index in [-0.39, 0.29) is 11.4 Å². The summed E-state index contributed by atoms with van der Waals surface area (Å²) >= 11 is 7.61. The normalized spacial score (nSPS) is 11.3. The van der Waals surface area contributed by atoms with Crippen molar-refractivity contribution in [2.75, 3.05) is 23.8 Å². The van der Waals surface area contributed by atoms with Gasteiger partial charge in [0, 0.05) is 27.3 Å². The zero-order valence-electron chi connectivity index (χ0n) is 21.0. The second-order valence-corrected chi connectivity index (χ2v) is 11.9. The van der Waals surface area contributed by atoms with Gasteiger partial charge in [-0.2, -0.15) is 0 Å². The van der Waals surface area contributed by atoms with Gasteiger partial charge < -0.3 is 9.47 Å². The minimum absolute atomic E-state index is 0.107. The highest BCUT2D eigenvalue weighted by molar-refractivity contribution is 7.99. The molecular formula is C29H26ClF2NO4S2. The highest BCUT2D eigenvalue weighted by Crippen LogP contribution is 2.32. The first-order chi connectivity index (χ1) is 18.8. The molecule has 0 atom stereocenters. The fourth-order valence-electron chi connectivity index (χ4n) is 3.74. The van der Waals surface area contributed by atoms with Crippen LogP contribution in [0.4, 0.5) is 14.5 Å². The van der Waals surface area contributed by atoms with Crippen LogP contribution in [0.2, 0.25) is 5.02 Å². The lowest BCUT2D eigenvalue weighted by Gasteiger charge is -2.26. The van der Waals surface area contributed by atoms with Gasteiger partial charge in [0.25, 0.3) is 10.0 Å². The molecule has 0 saturated heterocycles. The highest BCUT2D eigenvalue weighted by Gasteiger charge is 2.29. The molecule has 0 radical (unpaired) electrons. The van der Waals surface area contributed by atoms with Crippen molar-refractivity contribution in [2.45, 2.75) is 22.8 Å². The van der Waals surface area contributed by atoms with Crippen molar-refractivity contribution in [2.24, 2.45) is 0 Å². The molecule has 204 valence electrons. The smallest absolute Gasteiger partial charge is 0.264 e. The number of anilines is 1. The number of hydrogen-bond donors (Lipinski definition) is 0. The summed E-state index contributed by atoms with van der Waals surface area (Å²) in [6.45, 7) is 0.112. The van der Waals surface area contributed by atoms with Gasteiger partial charge in [-0.15, -0.1) is 11.8 Å². The molecule has 0 saturated carbocycles. The lowest BCUT2D eigenvalue weighted by atomic mass is 10.2. The molecular weight excluding hydrogens is 564 g/mol. The monoisotopic (exact) mass is 589 g/mol. The molecule has 0 spiro atoms. The van der Waals surface area contributed by atoms with E-state index >= 15 is 0 Å². The van der Waals surface area contributed by atoms with Gasteiger partial charge >= 0.3 is 0 Å². The van der Waals surface area contributed by atoms with Crippen LogP contribution in [-0.2, 0) is 16.6 Å². The predicted octanol–water partition coefficient (Wildman–Crippen LogP) is 7.58. The Bertz CT molecular complexity index is 1500. The van der Waals surface area contributed by atoms with E-state index < -0.39 is 27.3 Å². The first-order valence-electron chi connectivity index (χ1n) is 12.0. The van der Waals surface area contributed by atoms with Crippen molar-refractivity contribution >= 4 is 39.1 Å². The Hall–Kier alpha value is -3.27. The molecule has 4 aromatic carbocycles. The van der Waals surface area contributed by atoms with Gasteiger partial charge in [0.1, 0.15) is 23.1 Å². The van der Waals surface area contributed by atoms with Gasteiger partial charge in [0.2, 0.25) is 0 Å². The number of halogens is 3. The molecule has 39 heavy (non-hydrogen) atoms. The zero-order valence-corrected chi connectivity index (χ0v) is 23.4. The van der Waals surface area contributed by atoms with E-state index in [9.17, 15) is 17.2 Å². The molecule has 5 nitrogen and oxygen atoms in total. The summed E-state index contributed by atoms with van der Waals surface area (Å²) in [5.74, 6) is 0.425. The first kappa shape index (κ1) is 28.7. The Balaban J connectivity index is 1.52. The number of rotatable bonds is 12. The third-order valence-corrected chi connectivity index (χ3v) is 8.86. The van der Waals surface area contributed by atoms with Crippen LogP contribution in [0.25, 0.3) is 0 Å². The van der Waals surface area contributed by atoms with Crippen molar-refractivity contribution in [3.8, 4) is 11.5 Å². The molecule has 0 aromatic heterocycles. The number of methoxy groups -OCH3 is 1. The van der Waals surface area contributed by atoms with Crippen molar-refractivity contribution in [3.05, 3.63) is 113 Å². The molecule has 0 amide bonds. The van der Waals surface area contributed by atoms with Crippen LogP contribution >= 0.6 is 23.4 Å². The lowest BCUT2D eigenvalue weighted by molar-refractivity contribution is 0.315. The van der Waals surface area contributed by atoms with E-state index in [1.54, 1.807) is 43.1 Å². The molecule has 4 rings (SSSR count). The van der Waals surface area contributed by atoms with Gasteiger partial charge in [-0.05, 0) is 73.2 Å². The van der Waals surface area contributed by atoms with Gasteiger partial charge in [0.05, 0.1) is 30.8 Å². The van der Waals surface area contributed by atoms with Gasteiger partial charge in [0.15, 0.2) is 0 Å². The second-order valence-electron chi connectivity index (χ2n) is 8.40. The van der Waals surface area contributed by atoms with E-state index in [1.165, 1.54) is 24.3 Å². The van der Waals surface area contributed by atoms with Crippen LogP contribution in [0.3, 0.4) is 0 Å². The maximum Gasteiger partial charge on any atom is 0.264 e. The third kappa shape index (κ3) is 7.44. The maximum atomic E-state index is 14.9. The predicted molar refractivity (Wildman–Crippen MR) is 151 cm³/mol. The number of ether oxygens (including phenoxy) is 2. The molecule has 0 bridgehead atoms. The fourth-order valence-corrected chi connectivity index (χ4v) is 6.14. The zero-order chi connectivity index (χ0) is 27.8. The minimum atomic E-state index is -4.29. The Labute approximate surface area is 236 Å². The number of hydrogen-bond acceptors (Lipinski definition) is 5. The van der Waals surface area contributed by atoms with Crippen molar-refractivity contribution < 1.29 is 26.7 Å². The average molecular weight is 590 g/mol. The summed E-state index contributed by atoms with van der Waals surface area (Å²) in [6.07, 6.45) is 0.732. The lowest BCUT2D eigenvalue weighted by Crippen LogP contribution is -2.31. The largest absolute Gasteiger partial charge is 0.497 e. The van der Waals surface area contributed by atoms with Crippen LogP contribution in [0.1, 0.15) is 12.0 Å². The van der Waals surface area contributed by atoms with Crippen molar-refractivity contribution in [3.63, 3.8) is 0 Å². The summed E-state index contributed by atoms with van der Waals surface area (Å²) < 4.78 is 68.3. The summed E-state index contributed by atoms with van der Waals surface area (Å²) in [5.41, 5.74) is 0.0946. The van der Waals surface area contributed by atoms with Gasteiger partial charge in [-0.25, -0.2) is 17.2 Å². The Kier molecular flexibility index (Phi) is 9.72. The fraction of sp³-hybridized carbons (Fsp3) is 0.172. The molecule has 0 N–H and O–H groups in total. The number of nitrogens with zero attached hydrogens (tertiary/aromatic N) is 1. The molecule has 0 heterocycles. The van der Waals surface area contributed by atoms with Gasteiger partial charge in [-0.3, -0.25) is 4.31 Å². The number of para-hydroxylation sites is 1. The summed E-state index contributed by atoms with van der Waals surface area (Å²) in [4.78, 5) is 1.00. The van der Waals surface area contributed by atoms with E-state index in [0.717, 1.165) is 45.3 Å². The van der Waals surface area contributed by atoms with E-state index in [4.69, 9.17) is 21.1 Å². The third-order valence-electron chi connectivity index (χ3n) is 5.74. The maximum absolute atomic E-state index is 14.9. The average Bonchev–Trinajstić information content (AvgIpc) is 2.94. The van der Waals surface area contributed by atoms with Crippen LogP contribution in [0, 0.1) is 11.6 Å². The first-order valence-corrected chi connectivity index (χ1v) is 14.8. The molecule has 0 aliphatic heterocycles. The molecule has 0 aliphatic rings. The quantitative estimate of drug-likeness (QED) is 0.126. The molecule has 0 fully saturated rings. The summed E-state index contributed by atoms with van der Waals surface area (Å²) in [5, 5.41) is 0.348. The Morgan fingerprint density at radius 1 is 0.923 bits per heavy atom. The SMILES string of the molecule is COc1ccc(SCCCOc2ccccc2CN(c2cc(F)ccc2F)S(=O)(=O)c2ccc(Cl)cc2)cc1. The van der Waals surface area contributed by atoms with E-state index in [0.29, 0.717) is 22.9 Å². The Morgan fingerprint density at radius 3 is 2.36 bits per heavy atom. The Morgan fingerprint density at radius 2 is 1.64 bits per heavy atom. The summed E-state index contributed by atoms with van der Waals surface area (Å²) in [6, 6.07) is 22.9. The minimum Gasteiger partial charge on any atom is -0.497 e. The highest BCUT2D eigenvalue weighted by atomic mass is 35.5. The number of benzene rings is 4. The van der Waals surface area contributed by atoms with Crippen LogP contribution in [0.5, 0.6) is 11.5 Å². The molecule has 0 aliphatic carbocycles. The standard InChI is InChI=1S/C29H26ClF2NO4S2/c1-36-24-10-12-25(13-11-24)38-18-4-17-37-29-6-3-2-5-21(29)20-33(28-19-23(31)9-16-27(28)32)39(34,35)26-14-7-22(30)8-15-26/h2-3,5-16,19H,4,17-18,20H2,1H3. The van der Waals surface area contributed by atoms with Crippen LogP contribution < -0.4 is 13.8 Å². The summed E-state index contributed by atoms with van der Waals surface area (Å²) in [7, 11) is -2.67. The van der Waals surface area contributed by atoms with Crippen molar-refractivity contribution in [1.82, 2.24) is 0 Å². The topological polar surface area (TPSA) is 55.8 Å². The number of sulfonamides is 1. The molecule has 10 heteroatoms. The van der Waals surface area contributed by atoms with Crippen LogP contribution in [-0.4, -0.2) is 27.9 Å². The van der Waals surface area contributed by atoms with E-state index in [1.807, 2.05) is 24.3 Å². The number of thioether (sulfide) groups is 1. The molecule has 4 aromatic rings. The van der Waals surface area contributed by atoms with E-state index in [2.05, 4.69) is 0 Å². The van der Waals surface area contributed by atoms with Gasteiger partial charge in [-0.1, -0.05) is 29.8 Å². The molecule has 0 unspecified atom stereocenters. The second kappa shape index (κ2) is 13.2. The van der Waals surface area contributed by atoms with Crippen molar-refractivity contribution in [1.29, 1.82) is 0 Å². The van der Waals surface area contributed by atoms with Crippen LogP contribution in [0.15, 0.2) is 101 Å².